The van der Waals surface area contributed by atoms with Gasteiger partial charge in [-0.15, -0.1) is 0 Å². The lowest BCUT2D eigenvalue weighted by molar-refractivity contribution is -0.385. The predicted octanol–water partition coefficient (Wildman–Crippen LogP) is 0.869. The Hall–Kier alpha value is -3.87. The number of anilines is 2. The molecule has 1 amide bonds. The standard InChI is InChI=1S/C15H17N7O6/c1-2-20(7-8-23)14-12(22(27)28)13(16-9-17-14)18-19-15(24)10-5-3-4-6-11(10)21(25)26/h3-6,9,23H,2,7-8H2,1H3,(H,19,24)(H,16,17,18). The second-order valence-corrected chi connectivity index (χ2v) is 5.31. The Labute approximate surface area is 158 Å². The maximum Gasteiger partial charge on any atom is 0.355 e. The van der Waals surface area contributed by atoms with Crippen molar-refractivity contribution in [1.82, 2.24) is 15.4 Å². The minimum absolute atomic E-state index is 0.0426. The number of hydrogen-bond acceptors (Lipinski definition) is 10. The number of aliphatic hydroxyl groups excluding tert-OH is 1. The molecule has 13 nitrogen and oxygen atoms in total. The fourth-order valence-electron chi connectivity index (χ4n) is 2.40. The number of aromatic nitrogens is 2. The summed E-state index contributed by atoms with van der Waals surface area (Å²) in [5.41, 5.74) is 3.32. The van der Waals surface area contributed by atoms with E-state index in [2.05, 4.69) is 20.8 Å². The predicted molar refractivity (Wildman–Crippen MR) is 97.8 cm³/mol. The lowest BCUT2D eigenvalue weighted by atomic mass is 10.2. The summed E-state index contributed by atoms with van der Waals surface area (Å²) in [4.78, 5) is 42.5. The number of nitro groups is 2. The van der Waals surface area contributed by atoms with E-state index in [0.29, 0.717) is 6.54 Å². The minimum Gasteiger partial charge on any atom is -0.395 e. The lowest BCUT2D eigenvalue weighted by Crippen LogP contribution is -2.32. The van der Waals surface area contributed by atoms with Gasteiger partial charge in [-0.1, -0.05) is 12.1 Å². The highest BCUT2D eigenvalue weighted by atomic mass is 16.6. The second kappa shape index (κ2) is 9.18. The van der Waals surface area contributed by atoms with E-state index in [0.717, 1.165) is 12.4 Å². The average Bonchev–Trinajstić information content (AvgIpc) is 2.69. The van der Waals surface area contributed by atoms with Crippen LogP contribution in [-0.2, 0) is 0 Å². The molecule has 0 saturated carbocycles. The normalized spacial score (nSPS) is 10.2. The van der Waals surface area contributed by atoms with Gasteiger partial charge in [0.05, 0.1) is 16.5 Å². The summed E-state index contributed by atoms with van der Waals surface area (Å²) in [6.07, 6.45) is 1.06. The van der Waals surface area contributed by atoms with Crippen LogP contribution in [0.1, 0.15) is 17.3 Å². The molecule has 13 heteroatoms. The van der Waals surface area contributed by atoms with Gasteiger partial charge in [0, 0.05) is 19.2 Å². The monoisotopic (exact) mass is 391 g/mol. The van der Waals surface area contributed by atoms with E-state index >= 15 is 0 Å². The molecule has 0 aliphatic rings. The van der Waals surface area contributed by atoms with Crippen LogP contribution in [0.3, 0.4) is 0 Å². The zero-order chi connectivity index (χ0) is 20.7. The van der Waals surface area contributed by atoms with E-state index in [-0.39, 0.29) is 30.4 Å². The highest BCUT2D eigenvalue weighted by molar-refractivity contribution is 5.98. The van der Waals surface area contributed by atoms with Crippen molar-refractivity contribution in [2.24, 2.45) is 0 Å². The SMILES string of the molecule is CCN(CCO)c1ncnc(NNC(=O)c2ccccc2[N+](=O)[O-])c1[N+](=O)[O-]. The van der Waals surface area contributed by atoms with Gasteiger partial charge in [-0.05, 0) is 13.0 Å². The highest BCUT2D eigenvalue weighted by Gasteiger charge is 2.27. The largest absolute Gasteiger partial charge is 0.395 e. The van der Waals surface area contributed by atoms with Gasteiger partial charge >= 0.3 is 5.69 Å². The first-order valence-electron chi connectivity index (χ1n) is 8.05. The molecule has 0 unspecified atom stereocenters. The third kappa shape index (κ3) is 4.45. The molecule has 148 valence electrons. The Balaban J connectivity index is 2.31. The van der Waals surface area contributed by atoms with Crippen molar-refractivity contribution >= 4 is 28.9 Å². The summed E-state index contributed by atoms with van der Waals surface area (Å²) < 4.78 is 0. The van der Waals surface area contributed by atoms with Crippen LogP contribution in [0.15, 0.2) is 30.6 Å². The van der Waals surface area contributed by atoms with Crippen LogP contribution in [0.4, 0.5) is 23.0 Å². The fraction of sp³-hybridized carbons (Fsp3) is 0.267. The van der Waals surface area contributed by atoms with Crippen LogP contribution in [0.5, 0.6) is 0 Å². The number of rotatable bonds is 9. The van der Waals surface area contributed by atoms with E-state index in [4.69, 9.17) is 5.11 Å². The van der Waals surface area contributed by atoms with Crippen LogP contribution < -0.4 is 15.8 Å². The van der Waals surface area contributed by atoms with Gasteiger partial charge in [0.2, 0.25) is 11.6 Å². The van der Waals surface area contributed by atoms with Crippen LogP contribution in [0.2, 0.25) is 0 Å². The van der Waals surface area contributed by atoms with Gasteiger partial charge < -0.3 is 10.0 Å². The molecule has 0 saturated heterocycles. The molecule has 1 aromatic carbocycles. The first-order valence-corrected chi connectivity index (χ1v) is 8.05. The Morgan fingerprint density at radius 2 is 1.93 bits per heavy atom. The number of benzene rings is 1. The zero-order valence-corrected chi connectivity index (χ0v) is 14.7. The van der Waals surface area contributed by atoms with Gasteiger partial charge in [-0.2, -0.15) is 0 Å². The number of carbonyl (C=O) groups is 1. The van der Waals surface area contributed by atoms with Crippen molar-refractivity contribution in [3.05, 3.63) is 56.4 Å². The first-order chi connectivity index (χ1) is 13.4. The van der Waals surface area contributed by atoms with E-state index in [1.54, 1.807) is 6.92 Å². The summed E-state index contributed by atoms with van der Waals surface area (Å²) in [5.74, 6) is -1.22. The van der Waals surface area contributed by atoms with Gasteiger partial charge in [0.1, 0.15) is 11.9 Å². The molecular formula is C15H17N7O6. The third-order valence-corrected chi connectivity index (χ3v) is 3.68. The van der Waals surface area contributed by atoms with Crippen molar-refractivity contribution in [2.75, 3.05) is 30.0 Å². The number of nitrogens with one attached hydrogen (secondary N) is 2. The Morgan fingerprint density at radius 3 is 2.54 bits per heavy atom. The van der Waals surface area contributed by atoms with Crippen LogP contribution >= 0.6 is 0 Å². The summed E-state index contributed by atoms with van der Waals surface area (Å²) >= 11 is 0. The number of nitro benzene ring substituents is 1. The molecule has 28 heavy (non-hydrogen) atoms. The van der Waals surface area contributed by atoms with Gasteiger partial charge in [-0.25, -0.2) is 9.97 Å². The van der Waals surface area contributed by atoms with E-state index in [9.17, 15) is 25.0 Å². The number of aliphatic hydroxyl groups is 1. The Kier molecular flexibility index (Phi) is 6.70. The van der Waals surface area contributed by atoms with Gasteiger partial charge in [0.15, 0.2) is 0 Å². The summed E-state index contributed by atoms with van der Waals surface area (Å²) in [6.45, 7) is 1.92. The van der Waals surface area contributed by atoms with Crippen molar-refractivity contribution in [3.63, 3.8) is 0 Å². The number of likely N-dealkylation sites (N-methyl/N-ethyl adjacent to an activating group) is 1. The number of para-hydroxylation sites is 1. The minimum atomic E-state index is -0.871. The topological polar surface area (TPSA) is 177 Å². The molecule has 2 aromatic rings. The molecule has 0 atom stereocenters. The van der Waals surface area contributed by atoms with E-state index < -0.39 is 27.1 Å². The molecule has 0 spiro atoms. The molecule has 0 aliphatic carbocycles. The van der Waals surface area contributed by atoms with Crippen LogP contribution in [0.25, 0.3) is 0 Å². The first kappa shape index (κ1) is 20.4. The van der Waals surface area contributed by atoms with Crippen LogP contribution in [0, 0.1) is 20.2 Å². The van der Waals surface area contributed by atoms with Crippen molar-refractivity contribution < 1.29 is 19.7 Å². The average molecular weight is 391 g/mol. The van der Waals surface area contributed by atoms with Gasteiger partial charge in [-0.3, -0.25) is 35.9 Å². The number of hydrogen-bond donors (Lipinski definition) is 3. The molecule has 1 heterocycles. The number of hydrazine groups is 1. The summed E-state index contributed by atoms with van der Waals surface area (Å²) in [5, 5.41) is 31.7. The van der Waals surface area contributed by atoms with E-state index in [1.165, 1.54) is 23.1 Å². The Bertz CT molecular complexity index is 891. The highest BCUT2D eigenvalue weighted by Crippen LogP contribution is 2.31. The smallest absolute Gasteiger partial charge is 0.355 e. The molecular weight excluding hydrogens is 374 g/mol. The summed E-state index contributed by atoms with van der Waals surface area (Å²) in [6, 6.07) is 5.26. The summed E-state index contributed by atoms with van der Waals surface area (Å²) in [7, 11) is 0. The third-order valence-electron chi connectivity index (χ3n) is 3.68. The number of amides is 1. The Morgan fingerprint density at radius 1 is 1.21 bits per heavy atom. The van der Waals surface area contributed by atoms with E-state index in [1.807, 2.05) is 0 Å². The molecule has 0 bridgehead atoms. The number of nitrogens with zero attached hydrogens (tertiary/aromatic N) is 5. The van der Waals surface area contributed by atoms with Crippen molar-refractivity contribution in [3.8, 4) is 0 Å². The van der Waals surface area contributed by atoms with Gasteiger partial charge in [0.25, 0.3) is 11.6 Å². The second-order valence-electron chi connectivity index (χ2n) is 5.31. The quantitative estimate of drug-likeness (QED) is 0.410. The molecule has 0 radical (unpaired) electrons. The fourth-order valence-corrected chi connectivity index (χ4v) is 2.40. The molecule has 0 aliphatic heterocycles. The molecule has 1 aromatic heterocycles. The molecule has 2 rings (SSSR count). The maximum atomic E-state index is 12.3. The maximum absolute atomic E-state index is 12.3. The van der Waals surface area contributed by atoms with Crippen molar-refractivity contribution in [2.45, 2.75) is 6.92 Å². The lowest BCUT2D eigenvalue weighted by Gasteiger charge is -2.20. The molecule has 3 N–H and O–H groups in total. The number of carbonyl (C=O) groups excluding carboxylic acids is 1. The zero-order valence-electron chi connectivity index (χ0n) is 14.7. The van der Waals surface area contributed by atoms with Crippen LogP contribution in [-0.4, -0.2) is 50.5 Å². The van der Waals surface area contributed by atoms with Crippen molar-refractivity contribution in [1.29, 1.82) is 0 Å². The molecule has 0 fully saturated rings.